The number of aromatic nitrogens is 1. The Bertz CT molecular complexity index is 623. The van der Waals surface area contributed by atoms with Crippen LogP contribution in [0.1, 0.15) is 15.9 Å². The molecule has 0 saturated heterocycles. The number of rotatable bonds is 3. The third kappa shape index (κ3) is 2.24. The standard InChI is InChI=1S/C13H10N2O3/c1-9-4-5-14-12(6-9)10-2-3-11(8-16)13(7-10)15(17)18/h2-8H,1H3. The zero-order valence-corrected chi connectivity index (χ0v) is 9.66. The zero-order valence-electron chi connectivity index (χ0n) is 9.66. The lowest BCUT2D eigenvalue weighted by molar-refractivity contribution is -0.385. The molecule has 2 aromatic rings. The van der Waals surface area contributed by atoms with Gasteiger partial charge in [-0.3, -0.25) is 19.9 Å². The molecule has 0 saturated carbocycles. The zero-order chi connectivity index (χ0) is 13.1. The molecule has 0 atom stereocenters. The molecule has 1 aromatic heterocycles. The quantitative estimate of drug-likeness (QED) is 0.471. The highest BCUT2D eigenvalue weighted by Crippen LogP contribution is 2.25. The number of nitro groups is 1. The van der Waals surface area contributed by atoms with Gasteiger partial charge in [-0.1, -0.05) is 6.07 Å². The van der Waals surface area contributed by atoms with Crippen LogP contribution in [-0.4, -0.2) is 16.2 Å². The van der Waals surface area contributed by atoms with E-state index in [9.17, 15) is 14.9 Å². The second kappa shape index (κ2) is 4.75. The first-order valence-electron chi connectivity index (χ1n) is 5.28. The number of hydrogen-bond acceptors (Lipinski definition) is 4. The van der Waals surface area contributed by atoms with Crippen molar-refractivity contribution in [3.8, 4) is 11.3 Å². The molecule has 0 unspecified atom stereocenters. The molecule has 2 rings (SSSR count). The fourth-order valence-electron chi connectivity index (χ4n) is 1.65. The summed E-state index contributed by atoms with van der Waals surface area (Å²) in [5, 5.41) is 10.9. The Hall–Kier alpha value is -2.56. The summed E-state index contributed by atoms with van der Waals surface area (Å²) in [6, 6.07) is 8.13. The van der Waals surface area contributed by atoms with E-state index >= 15 is 0 Å². The summed E-state index contributed by atoms with van der Waals surface area (Å²) in [5.41, 5.74) is 2.15. The smallest absolute Gasteiger partial charge is 0.280 e. The summed E-state index contributed by atoms with van der Waals surface area (Å²) in [4.78, 5) is 25.2. The Balaban J connectivity index is 2.56. The monoisotopic (exact) mass is 242 g/mol. The number of aryl methyl sites for hydroxylation is 1. The lowest BCUT2D eigenvalue weighted by atomic mass is 10.1. The van der Waals surface area contributed by atoms with Crippen LogP contribution in [0.25, 0.3) is 11.3 Å². The van der Waals surface area contributed by atoms with E-state index in [0.717, 1.165) is 5.56 Å². The van der Waals surface area contributed by atoms with Crippen LogP contribution in [0.3, 0.4) is 0 Å². The molecule has 0 aliphatic rings. The molecule has 0 spiro atoms. The van der Waals surface area contributed by atoms with Crippen molar-refractivity contribution in [2.45, 2.75) is 6.92 Å². The number of hydrogen-bond donors (Lipinski definition) is 0. The van der Waals surface area contributed by atoms with Crippen molar-refractivity contribution < 1.29 is 9.72 Å². The fraction of sp³-hybridized carbons (Fsp3) is 0.0769. The van der Waals surface area contributed by atoms with Crippen molar-refractivity contribution in [3.63, 3.8) is 0 Å². The van der Waals surface area contributed by atoms with Gasteiger partial charge in [0.05, 0.1) is 16.2 Å². The summed E-state index contributed by atoms with van der Waals surface area (Å²) < 4.78 is 0. The molecular weight excluding hydrogens is 232 g/mol. The Labute approximate surface area is 103 Å². The Morgan fingerprint density at radius 2 is 2.06 bits per heavy atom. The number of benzene rings is 1. The Morgan fingerprint density at radius 1 is 1.28 bits per heavy atom. The van der Waals surface area contributed by atoms with E-state index in [0.29, 0.717) is 17.5 Å². The van der Waals surface area contributed by atoms with Crippen molar-refractivity contribution in [1.29, 1.82) is 0 Å². The summed E-state index contributed by atoms with van der Waals surface area (Å²) in [6.07, 6.45) is 2.12. The average Bonchev–Trinajstić information content (AvgIpc) is 2.38. The van der Waals surface area contributed by atoms with Crippen molar-refractivity contribution in [2.24, 2.45) is 0 Å². The number of carbonyl (C=O) groups is 1. The van der Waals surface area contributed by atoms with Gasteiger partial charge in [-0.25, -0.2) is 0 Å². The van der Waals surface area contributed by atoms with E-state index in [1.807, 2.05) is 19.1 Å². The normalized spacial score (nSPS) is 10.1. The third-order valence-corrected chi connectivity index (χ3v) is 2.57. The molecule has 1 aromatic carbocycles. The van der Waals surface area contributed by atoms with Crippen molar-refractivity contribution in [1.82, 2.24) is 4.98 Å². The maximum atomic E-state index is 10.9. The number of nitrogens with zero attached hydrogens (tertiary/aromatic N) is 2. The van der Waals surface area contributed by atoms with Crippen LogP contribution in [0, 0.1) is 17.0 Å². The minimum Gasteiger partial charge on any atom is -0.298 e. The Morgan fingerprint density at radius 3 is 2.67 bits per heavy atom. The van der Waals surface area contributed by atoms with Crippen LogP contribution >= 0.6 is 0 Å². The van der Waals surface area contributed by atoms with Gasteiger partial charge in [0.25, 0.3) is 5.69 Å². The van der Waals surface area contributed by atoms with E-state index in [2.05, 4.69) is 4.98 Å². The maximum Gasteiger partial charge on any atom is 0.280 e. The van der Waals surface area contributed by atoms with Gasteiger partial charge in [-0.05, 0) is 30.7 Å². The van der Waals surface area contributed by atoms with Gasteiger partial charge in [0.2, 0.25) is 0 Å². The lowest BCUT2D eigenvalue weighted by Crippen LogP contribution is -1.95. The SMILES string of the molecule is Cc1ccnc(-c2ccc(C=O)c([N+](=O)[O-])c2)c1. The first-order valence-corrected chi connectivity index (χ1v) is 5.28. The van der Waals surface area contributed by atoms with E-state index in [1.165, 1.54) is 12.1 Å². The van der Waals surface area contributed by atoms with Crippen LogP contribution in [0.5, 0.6) is 0 Å². The van der Waals surface area contributed by atoms with Crippen LogP contribution in [0.2, 0.25) is 0 Å². The Kier molecular flexibility index (Phi) is 3.14. The van der Waals surface area contributed by atoms with E-state index < -0.39 is 4.92 Å². The van der Waals surface area contributed by atoms with Crippen LogP contribution in [0.4, 0.5) is 5.69 Å². The molecule has 0 bridgehead atoms. The van der Waals surface area contributed by atoms with Crippen LogP contribution in [0.15, 0.2) is 36.5 Å². The highest BCUT2D eigenvalue weighted by molar-refractivity contribution is 5.83. The molecule has 90 valence electrons. The molecule has 0 aliphatic carbocycles. The van der Waals surface area contributed by atoms with Crippen LogP contribution < -0.4 is 0 Å². The topological polar surface area (TPSA) is 73.1 Å². The summed E-state index contributed by atoms with van der Waals surface area (Å²) in [5.74, 6) is 0. The summed E-state index contributed by atoms with van der Waals surface area (Å²) in [6.45, 7) is 1.92. The third-order valence-electron chi connectivity index (χ3n) is 2.57. The molecule has 5 nitrogen and oxygen atoms in total. The number of aldehydes is 1. The minimum atomic E-state index is -0.566. The maximum absolute atomic E-state index is 10.9. The first-order chi connectivity index (χ1) is 8.61. The van der Waals surface area contributed by atoms with Gasteiger partial charge < -0.3 is 0 Å². The summed E-state index contributed by atoms with van der Waals surface area (Å²) >= 11 is 0. The van der Waals surface area contributed by atoms with Crippen molar-refractivity contribution in [2.75, 3.05) is 0 Å². The second-order valence-corrected chi connectivity index (χ2v) is 3.87. The molecule has 0 radical (unpaired) electrons. The molecule has 0 fully saturated rings. The van der Waals surface area contributed by atoms with Gasteiger partial charge in [-0.2, -0.15) is 0 Å². The average molecular weight is 242 g/mol. The number of pyridine rings is 1. The first kappa shape index (κ1) is 11.9. The largest absolute Gasteiger partial charge is 0.298 e. The lowest BCUT2D eigenvalue weighted by Gasteiger charge is -2.03. The summed E-state index contributed by atoms with van der Waals surface area (Å²) in [7, 11) is 0. The molecule has 5 heteroatoms. The van der Waals surface area contributed by atoms with Gasteiger partial charge >= 0.3 is 0 Å². The highest BCUT2D eigenvalue weighted by atomic mass is 16.6. The molecule has 1 heterocycles. The number of carbonyl (C=O) groups excluding carboxylic acids is 1. The fourth-order valence-corrected chi connectivity index (χ4v) is 1.65. The van der Waals surface area contributed by atoms with E-state index in [-0.39, 0.29) is 11.3 Å². The van der Waals surface area contributed by atoms with Gasteiger partial charge in [0.1, 0.15) is 0 Å². The van der Waals surface area contributed by atoms with Gasteiger partial charge in [-0.15, -0.1) is 0 Å². The van der Waals surface area contributed by atoms with E-state index in [4.69, 9.17) is 0 Å². The van der Waals surface area contributed by atoms with Gasteiger partial charge in [0, 0.05) is 17.8 Å². The van der Waals surface area contributed by atoms with Crippen molar-refractivity contribution >= 4 is 12.0 Å². The second-order valence-electron chi connectivity index (χ2n) is 3.87. The minimum absolute atomic E-state index is 0.0661. The molecule has 0 N–H and O–H groups in total. The van der Waals surface area contributed by atoms with E-state index in [1.54, 1.807) is 12.3 Å². The molecular formula is C13H10N2O3. The number of nitro benzene ring substituents is 1. The predicted molar refractivity (Wildman–Crippen MR) is 66.5 cm³/mol. The highest BCUT2D eigenvalue weighted by Gasteiger charge is 2.14. The van der Waals surface area contributed by atoms with Crippen LogP contribution in [-0.2, 0) is 0 Å². The predicted octanol–water partition coefficient (Wildman–Crippen LogP) is 2.78. The van der Waals surface area contributed by atoms with Gasteiger partial charge in [0.15, 0.2) is 6.29 Å². The molecule has 18 heavy (non-hydrogen) atoms. The molecule has 0 amide bonds. The molecule has 0 aliphatic heterocycles. The van der Waals surface area contributed by atoms with Crippen molar-refractivity contribution in [3.05, 3.63) is 57.8 Å².